The van der Waals surface area contributed by atoms with Gasteiger partial charge in [0.05, 0.1) is 28.7 Å². The fourth-order valence-corrected chi connectivity index (χ4v) is 4.57. The van der Waals surface area contributed by atoms with Gasteiger partial charge in [0.2, 0.25) is 0 Å². The third-order valence-electron chi connectivity index (χ3n) is 6.27. The summed E-state index contributed by atoms with van der Waals surface area (Å²) >= 11 is 0. The second kappa shape index (κ2) is 9.69. The van der Waals surface area contributed by atoms with E-state index in [1.807, 2.05) is 26.0 Å². The van der Waals surface area contributed by atoms with Crippen molar-refractivity contribution in [1.29, 1.82) is 10.7 Å². The molecule has 4 rings (SSSR count). The summed E-state index contributed by atoms with van der Waals surface area (Å²) in [4.78, 5) is 18.4. The van der Waals surface area contributed by atoms with Crippen molar-refractivity contribution in [3.8, 4) is 6.07 Å². The number of piperazine rings is 1. The third kappa shape index (κ3) is 4.68. The highest BCUT2D eigenvalue weighted by molar-refractivity contribution is 6.30. The van der Waals surface area contributed by atoms with Gasteiger partial charge in [-0.2, -0.15) is 10.4 Å². The largest absolute Gasteiger partial charge is 0.457 e. The van der Waals surface area contributed by atoms with Crippen LogP contribution in [0.15, 0.2) is 23.3 Å². The van der Waals surface area contributed by atoms with E-state index < -0.39 is 0 Å². The summed E-state index contributed by atoms with van der Waals surface area (Å²) in [5.41, 5.74) is 15.4. The molecule has 10 nitrogen and oxygen atoms in total. The van der Waals surface area contributed by atoms with E-state index in [1.54, 1.807) is 13.0 Å². The molecule has 3 heterocycles. The van der Waals surface area contributed by atoms with E-state index in [0.717, 1.165) is 22.3 Å². The number of nitriles is 1. The standard InChI is InChI=1S/C24H28N8O2/c1-13-6-23(28-15(3)19(13)8-26)31-30-16(7-25)9-32-10-21(29-22(27)11-32)17-4-5-18-20(14(17)2)12-34-24(18)33/h4-7,21-22,25,29H,9-12,27H2,1-3H3,(H,28,31)/b25-7?,30-16+/t21-,22+/m0/s1. The fourth-order valence-electron chi connectivity index (χ4n) is 4.57. The minimum atomic E-state index is -0.277. The number of carbonyl (C=O) groups is 1. The van der Waals surface area contributed by atoms with Crippen LogP contribution in [0.5, 0.6) is 0 Å². The normalized spacial score (nSPS) is 20.4. The second-order valence-electron chi connectivity index (χ2n) is 8.66. The van der Waals surface area contributed by atoms with Crippen molar-refractivity contribution in [1.82, 2.24) is 15.2 Å². The molecule has 1 fully saturated rings. The molecular weight excluding hydrogens is 432 g/mol. The van der Waals surface area contributed by atoms with Crippen LogP contribution in [-0.2, 0) is 11.3 Å². The van der Waals surface area contributed by atoms with Gasteiger partial charge in [-0.15, -0.1) is 0 Å². The maximum absolute atomic E-state index is 11.9. The first kappa shape index (κ1) is 23.5. The molecule has 0 saturated carbocycles. The summed E-state index contributed by atoms with van der Waals surface area (Å²) in [5.74, 6) is 0.245. The van der Waals surface area contributed by atoms with Crippen LogP contribution in [0.3, 0.4) is 0 Å². The fraction of sp³-hybridized carbons (Fsp3) is 0.375. The van der Waals surface area contributed by atoms with Crippen molar-refractivity contribution in [2.24, 2.45) is 10.8 Å². The van der Waals surface area contributed by atoms with Crippen molar-refractivity contribution in [2.45, 2.75) is 39.6 Å². The molecule has 176 valence electrons. The van der Waals surface area contributed by atoms with Gasteiger partial charge in [0, 0.05) is 37.5 Å². The zero-order valence-corrected chi connectivity index (χ0v) is 19.5. The van der Waals surface area contributed by atoms with E-state index >= 15 is 0 Å². The Kier molecular flexibility index (Phi) is 6.70. The first-order chi connectivity index (χ1) is 16.3. The molecule has 0 unspecified atom stereocenters. The van der Waals surface area contributed by atoms with Crippen molar-refractivity contribution < 1.29 is 9.53 Å². The molecular formula is C24H28N8O2. The molecule has 2 aromatic rings. The molecule has 0 spiro atoms. The van der Waals surface area contributed by atoms with Crippen LogP contribution in [0, 0.1) is 37.5 Å². The van der Waals surface area contributed by atoms with E-state index in [1.165, 1.54) is 6.21 Å². The van der Waals surface area contributed by atoms with Crippen LogP contribution in [0.25, 0.3) is 0 Å². The van der Waals surface area contributed by atoms with Gasteiger partial charge in [-0.3, -0.25) is 15.6 Å². The Morgan fingerprint density at radius 2 is 2.24 bits per heavy atom. The second-order valence-corrected chi connectivity index (χ2v) is 8.66. The highest BCUT2D eigenvalue weighted by Gasteiger charge is 2.30. The number of nitrogens with two attached hydrogens (primary N) is 1. The van der Waals surface area contributed by atoms with E-state index in [9.17, 15) is 10.1 Å². The molecule has 1 aromatic heterocycles. The molecule has 34 heavy (non-hydrogen) atoms. The summed E-state index contributed by atoms with van der Waals surface area (Å²) in [7, 11) is 0. The van der Waals surface area contributed by atoms with E-state index in [-0.39, 0.29) is 18.2 Å². The number of hydrogen-bond donors (Lipinski definition) is 4. The van der Waals surface area contributed by atoms with Crippen LogP contribution in [0.4, 0.5) is 5.82 Å². The van der Waals surface area contributed by atoms with Crippen molar-refractivity contribution in [3.05, 3.63) is 57.3 Å². The SMILES string of the molecule is Cc1cc(N/N=C(\C=N)CN2C[C@@H](c3ccc4c(c3C)COC4=O)N[C@@H](N)C2)nc(C)c1C#N. The molecule has 0 aliphatic carbocycles. The zero-order chi connectivity index (χ0) is 24.4. The van der Waals surface area contributed by atoms with Crippen molar-refractivity contribution in [3.63, 3.8) is 0 Å². The van der Waals surface area contributed by atoms with E-state index in [4.69, 9.17) is 15.9 Å². The number of cyclic esters (lactones) is 1. The number of hydrazone groups is 1. The smallest absolute Gasteiger partial charge is 0.338 e. The van der Waals surface area contributed by atoms with Gasteiger partial charge in [0.25, 0.3) is 0 Å². The maximum atomic E-state index is 11.9. The van der Waals surface area contributed by atoms with Gasteiger partial charge in [-0.25, -0.2) is 9.78 Å². The molecule has 10 heteroatoms. The molecule has 0 radical (unpaired) electrons. The molecule has 0 amide bonds. The molecule has 1 saturated heterocycles. The Bertz CT molecular complexity index is 1190. The Morgan fingerprint density at radius 3 is 2.94 bits per heavy atom. The number of benzene rings is 1. The lowest BCUT2D eigenvalue weighted by atomic mass is 9.93. The lowest BCUT2D eigenvalue weighted by Gasteiger charge is -2.38. The van der Waals surface area contributed by atoms with Crippen molar-refractivity contribution >= 4 is 23.7 Å². The van der Waals surface area contributed by atoms with Crippen LogP contribution in [0.1, 0.15) is 49.9 Å². The number of pyridine rings is 1. The Morgan fingerprint density at radius 1 is 1.44 bits per heavy atom. The first-order valence-corrected chi connectivity index (χ1v) is 11.1. The van der Waals surface area contributed by atoms with Crippen LogP contribution >= 0.6 is 0 Å². The molecule has 2 aliphatic heterocycles. The number of aromatic nitrogens is 1. The maximum Gasteiger partial charge on any atom is 0.338 e. The summed E-state index contributed by atoms with van der Waals surface area (Å²) in [6, 6.07) is 7.67. The molecule has 5 N–H and O–H groups in total. The number of nitrogens with zero attached hydrogens (tertiary/aromatic N) is 4. The molecule has 2 atom stereocenters. The topological polar surface area (TPSA) is 153 Å². The number of nitrogens with one attached hydrogen (secondary N) is 3. The summed E-state index contributed by atoms with van der Waals surface area (Å²) in [6.45, 7) is 7.64. The predicted molar refractivity (Wildman–Crippen MR) is 129 cm³/mol. The van der Waals surface area contributed by atoms with E-state index in [0.29, 0.717) is 54.6 Å². The number of anilines is 1. The minimum absolute atomic E-state index is 0.0322. The number of esters is 1. The van der Waals surface area contributed by atoms with Crippen LogP contribution in [-0.4, -0.2) is 53.6 Å². The minimum Gasteiger partial charge on any atom is -0.457 e. The number of fused-ring (bicyclic) bond motifs is 1. The van der Waals surface area contributed by atoms with Crippen molar-refractivity contribution in [2.75, 3.05) is 25.1 Å². The average molecular weight is 461 g/mol. The summed E-state index contributed by atoms with van der Waals surface area (Å²) < 4.78 is 5.18. The monoisotopic (exact) mass is 460 g/mol. The molecule has 1 aromatic carbocycles. The van der Waals surface area contributed by atoms with E-state index in [2.05, 4.69) is 31.8 Å². The number of carbonyl (C=O) groups excluding carboxylic acids is 1. The Labute approximate surface area is 198 Å². The first-order valence-electron chi connectivity index (χ1n) is 11.1. The van der Waals surface area contributed by atoms with Gasteiger partial charge in [-0.05, 0) is 49.6 Å². The Hall–Kier alpha value is -3.65. The quantitative estimate of drug-likeness (QED) is 0.290. The lowest BCUT2D eigenvalue weighted by molar-refractivity contribution is 0.0535. The number of aryl methyl sites for hydroxylation is 2. The van der Waals surface area contributed by atoms with Crippen LogP contribution in [0.2, 0.25) is 0 Å². The summed E-state index contributed by atoms with van der Waals surface area (Å²) in [5, 5.41) is 24.8. The number of hydrogen-bond acceptors (Lipinski definition) is 10. The molecule has 0 bridgehead atoms. The van der Waals surface area contributed by atoms with Gasteiger partial charge in [0.1, 0.15) is 18.5 Å². The number of ether oxygens (including phenoxy) is 1. The van der Waals surface area contributed by atoms with Gasteiger partial charge in [-0.1, -0.05) is 6.07 Å². The zero-order valence-electron chi connectivity index (χ0n) is 19.5. The van der Waals surface area contributed by atoms with Gasteiger partial charge < -0.3 is 15.9 Å². The summed E-state index contributed by atoms with van der Waals surface area (Å²) in [6.07, 6.45) is 0.956. The lowest BCUT2D eigenvalue weighted by Crippen LogP contribution is -2.57. The third-order valence-corrected chi connectivity index (χ3v) is 6.27. The molecule has 2 aliphatic rings. The Balaban J connectivity index is 1.48. The van der Waals surface area contributed by atoms with Crippen LogP contribution < -0.4 is 16.5 Å². The highest BCUT2D eigenvalue weighted by Crippen LogP contribution is 2.30. The van der Waals surface area contributed by atoms with Gasteiger partial charge >= 0.3 is 5.97 Å². The highest BCUT2D eigenvalue weighted by atomic mass is 16.5. The predicted octanol–water partition coefficient (Wildman–Crippen LogP) is 1.90. The number of rotatable bonds is 6. The van der Waals surface area contributed by atoms with Gasteiger partial charge in [0.15, 0.2) is 0 Å². The average Bonchev–Trinajstić information content (AvgIpc) is 3.18.